The molecule has 4 nitrogen and oxygen atoms in total. The van der Waals surface area contributed by atoms with Gasteiger partial charge in [0.05, 0.1) is 12.2 Å². The molecular formula is C16H22FNO3. The molecule has 1 aliphatic heterocycles. The molecule has 0 radical (unpaired) electrons. The van der Waals surface area contributed by atoms with E-state index in [0.29, 0.717) is 12.1 Å². The normalized spacial score (nSPS) is 20.2. The predicted octanol–water partition coefficient (Wildman–Crippen LogP) is 2.47. The number of phenolic OH excluding ortho intramolecular Hbond substituents is 1. The molecule has 1 unspecified atom stereocenters. The van der Waals surface area contributed by atoms with Crippen LogP contribution in [0.2, 0.25) is 0 Å². The number of hydrogen-bond acceptors (Lipinski definition) is 4. The van der Waals surface area contributed by atoms with E-state index in [9.17, 15) is 19.4 Å². The van der Waals surface area contributed by atoms with Crippen LogP contribution >= 0.6 is 0 Å². The third-order valence-electron chi connectivity index (χ3n) is 4.12. The number of carbonyl (C=O) groups is 1. The number of benzene rings is 1. The Hall–Kier alpha value is -1.46. The zero-order valence-corrected chi connectivity index (χ0v) is 12.3. The molecule has 0 saturated carbocycles. The van der Waals surface area contributed by atoms with E-state index in [-0.39, 0.29) is 29.7 Å². The van der Waals surface area contributed by atoms with Crippen molar-refractivity contribution in [2.24, 2.45) is 0 Å². The van der Waals surface area contributed by atoms with Crippen LogP contribution < -0.4 is 0 Å². The summed E-state index contributed by atoms with van der Waals surface area (Å²) in [6, 6.07) is 2.35. The first kappa shape index (κ1) is 15.9. The highest BCUT2D eigenvalue weighted by molar-refractivity contribution is 5.97. The lowest BCUT2D eigenvalue weighted by molar-refractivity contribution is 0.101. The van der Waals surface area contributed by atoms with Crippen molar-refractivity contribution in [2.75, 3.05) is 13.2 Å². The number of carbonyl (C=O) groups excluding carboxylic acids is 1. The molecule has 0 aliphatic carbocycles. The van der Waals surface area contributed by atoms with Crippen LogP contribution in [0, 0.1) is 5.82 Å². The first-order valence-electron chi connectivity index (χ1n) is 7.40. The second-order valence-electron chi connectivity index (χ2n) is 5.67. The van der Waals surface area contributed by atoms with Gasteiger partial charge in [-0.25, -0.2) is 4.39 Å². The van der Waals surface area contributed by atoms with E-state index in [1.165, 1.54) is 13.0 Å². The SMILES string of the molecule is CC(=O)c1cc(F)cc(CN2CCCCCC2CO)c1O. The molecule has 1 saturated heterocycles. The van der Waals surface area contributed by atoms with Gasteiger partial charge in [-0.3, -0.25) is 9.69 Å². The Balaban J connectivity index is 2.27. The van der Waals surface area contributed by atoms with E-state index in [2.05, 4.69) is 4.90 Å². The van der Waals surface area contributed by atoms with E-state index in [0.717, 1.165) is 38.3 Å². The maximum Gasteiger partial charge on any atom is 0.163 e. The number of ketones is 1. The van der Waals surface area contributed by atoms with Gasteiger partial charge in [-0.1, -0.05) is 12.8 Å². The summed E-state index contributed by atoms with van der Waals surface area (Å²) in [5.74, 6) is -1.03. The van der Waals surface area contributed by atoms with Crippen molar-refractivity contribution < 1.29 is 19.4 Å². The van der Waals surface area contributed by atoms with Gasteiger partial charge in [-0.2, -0.15) is 0 Å². The minimum Gasteiger partial charge on any atom is -0.507 e. The molecule has 5 heteroatoms. The number of phenols is 1. The Morgan fingerprint density at radius 2 is 2.14 bits per heavy atom. The average molecular weight is 295 g/mol. The van der Waals surface area contributed by atoms with Crippen LogP contribution in [0.3, 0.4) is 0 Å². The number of halogens is 1. The van der Waals surface area contributed by atoms with E-state index in [1.807, 2.05) is 0 Å². The zero-order valence-electron chi connectivity index (χ0n) is 12.3. The van der Waals surface area contributed by atoms with Gasteiger partial charge >= 0.3 is 0 Å². The van der Waals surface area contributed by atoms with Crippen molar-refractivity contribution in [1.29, 1.82) is 0 Å². The average Bonchev–Trinajstić information content (AvgIpc) is 2.67. The Morgan fingerprint density at radius 3 is 2.81 bits per heavy atom. The molecular weight excluding hydrogens is 273 g/mol. The van der Waals surface area contributed by atoms with Gasteiger partial charge in [-0.05, 0) is 38.4 Å². The molecule has 2 N–H and O–H groups in total. The van der Waals surface area contributed by atoms with Crippen molar-refractivity contribution in [3.8, 4) is 5.75 Å². The van der Waals surface area contributed by atoms with Crippen LogP contribution in [0.5, 0.6) is 5.75 Å². The van der Waals surface area contributed by atoms with Gasteiger partial charge < -0.3 is 10.2 Å². The molecule has 0 bridgehead atoms. The number of hydrogen-bond donors (Lipinski definition) is 2. The topological polar surface area (TPSA) is 60.8 Å². The lowest BCUT2D eigenvalue weighted by Gasteiger charge is -2.28. The van der Waals surface area contributed by atoms with Crippen molar-refractivity contribution in [2.45, 2.75) is 45.2 Å². The molecule has 0 amide bonds. The molecule has 1 aliphatic rings. The molecule has 116 valence electrons. The van der Waals surface area contributed by atoms with Crippen LogP contribution in [0.4, 0.5) is 4.39 Å². The highest BCUT2D eigenvalue weighted by Crippen LogP contribution is 2.28. The summed E-state index contributed by atoms with van der Waals surface area (Å²) in [4.78, 5) is 13.5. The molecule has 2 rings (SSSR count). The third kappa shape index (κ3) is 3.80. The smallest absolute Gasteiger partial charge is 0.163 e. The molecule has 1 fully saturated rings. The first-order valence-corrected chi connectivity index (χ1v) is 7.40. The summed E-state index contributed by atoms with van der Waals surface area (Å²) in [5, 5.41) is 19.7. The van der Waals surface area contributed by atoms with E-state index in [1.54, 1.807) is 0 Å². The number of aliphatic hydroxyl groups excluding tert-OH is 1. The maximum atomic E-state index is 13.7. The molecule has 0 spiro atoms. The monoisotopic (exact) mass is 295 g/mol. The van der Waals surface area contributed by atoms with Crippen molar-refractivity contribution in [3.05, 3.63) is 29.1 Å². The van der Waals surface area contributed by atoms with Crippen LogP contribution in [-0.4, -0.2) is 40.1 Å². The van der Waals surface area contributed by atoms with E-state index < -0.39 is 5.82 Å². The number of Topliss-reactive ketones (excluding diaryl/α,β-unsaturated/α-hetero) is 1. The van der Waals surface area contributed by atoms with Gasteiger partial charge in [0.1, 0.15) is 11.6 Å². The number of aromatic hydroxyl groups is 1. The van der Waals surface area contributed by atoms with Gasteiger partial charge in [0.15, 0.2) is 5.78 Å². The summed E-state index contributed by atoms with van der Waals surface area (Å²) in [6.45, 7) is 2.50. The van der Waals surface area contributed by atoms with E-state index >= 15 is 0 Å². The fourth-order valence-corrected chi connectivity index (χ4v) is 2.92. The second-order valence-corrected chi connectivity index (χ2v) is 5.67. The number of likely N-dealkylation sites (tertiary alicyclic amines) is 1. The highest BCUT2D eigenvalue weighted by atomic mass is 19.1. The minimum atomic E-state index is -0.525. The largest absolute Gasteiger partial charge is 0.507 e. The van der Waals surface area contributed by atoms with Gasteiger partial charge in [-0.15, -0.1) is 0 Å². The third-order valence-corrected chi connectivity index (χ3v) is 4.12. The molecule has 1 heterocycles. The molecule has 0 aromatic heterocycles. The van der Waals surface area contributed by atoms with E-state index in [4.69, 9.17) is 0 Å². The van der Waals surface area contributed by atoms with Crippen molar-refractivity contribution in [1.82, 2.24) is 4.90 Å². The molecule has 1 atom stereocenters. The van der Waals surface area contributed by atoms with Crippen molar-refractivity contribution >= 4 is 5.78 Å². The van der Waals surface area contributed by atoms with Crippen LogP contribution in [-0.2, 0) is 6.54 Å². The van der Waals surface area contributed by atoms with Gasteiger partial charge in [0.25, 0.3) is 0 Å². The molecule has 1 aromatic rings. The van der Waals surface area contributed by atoms with Crippen molar-refractivity contribution in [3.63, 3.8) is 0 Å². The highest BCUT2D eigenvalue weighted by Gasteiger charge is 2.23. The summed E-state index contributed by atoms with van der Waals surface area (Å²) in [6.07, 6.45) is 4.09. The predicted molar refractivity (Wildman–Crippen MR) is 77.8 cm³/mol. The standard InChI is InChI=1S/C16H22FNO3/c1-11(20)15-8-13(17)7-12(16(15)21)9-18-6-4-2-3-5-14(18)10-19/h7-8,14,19,21H,2-6,9-10H2,1H3. The zero-order chi connectivity index (χ0) is 15.4. The quantitative estimate of drug-likeness (QED) is 0.838. The maximum absolute atomic E-state index is 13.7. The van der Waals surface area contributed by atoms with Gasteiger partial charge in [0, 0.05) is 18.2 Å². The number of rotatable bonds is 4. The second kappa shape index (κ2) is 7.00. The van der Waals surface area contributed by atoms with Gasteiger partial charge in [0.2, 0.25) is 0 Å². The molecule has 21 heavy (non-hydrogen) atoms. The fraction of sp³-hybridized carbons (Fsp3) is 0.562. The van der Waals surface area contributed by atoms with Crippen LogP contribution in [0.25, 0.3) is 0 Å². The summed E-state index contributed by atoms with van der Waals surface area (Å²) in [5.41, 5.74) is 0.418. The van der Waals surface area contributed by atoms with Crippen LogP contribution in [0.15, 0.2) is 12.1 Å². The fourth-order valence-electron chi connectivity index (χ4n) is 2.92. The summed E-state index contributed by atoms with van der Waals surface area (Å²) in [7, 11) is 0. The lowest BCUT2D eigenvalue weighted by Crippen LogP contribution is -2.37. The lowest BCUT2D eigenvalue weighted by atomic mass is 10.0. The number of aliphatic hydroxyl groups is 1. The summed E-state index contributed by atoms with van der Waals surface area (Å²) >= 11 is 0. The number of nitrogens with zero attached hydrogens (tertiary/aromatic N) is 1. The first-order chi connectivity index (χ1) is 10.0. The summed E-state index contributed by atoms with van der Waals surface area (Å²) < 4.78 is 13.7. The Labute approximate surface area is 124 Å². The molecule has 1 aromatic carbocycles. The van der Waals surface area contributed by atoms with Crippen LogP contribution in [0.1, 0.15) is 48.5 Å². The Kier molecular flexibility index (Phi) is 5.31. The Bertz CT molecular complexity index is 518. The Morgan fingerprint density at radius 1 is 1.38 bits per heavy atom. The minimum absolute atomic E-state index is 0.0142.